The largest absolute Gasteiger partial charge is 0.266 e. The summed E-state index contributed by atoms with van der Waals surface area (Å²) in [4.78, 5) is 4.11. The van der Waals surface area contributed by atoms with E-state index >= 15 is 0 Å². The first-order chi connectivity index (χ1) is 4.70. The van der Waals surface area contributed by atoms with Gasteiger partial charge in [-0.05, 0) is 33.8 Å². The van der Waals surface area contributed by atoms with Crippen molar-refractivity contribution in [2.45, 2.75) is 27.7 Å². The van der Waals surface area contributed by atoms with Gasteiger partial charge in [0, 0.05) is 11.9 Å². The Kier molecular flexibility index (Phi) is 4.55. The molecular formula is C9H15N. The smallest absolute Gasteiger partial charge is 0.0371 e. The van der Waals surface area contributed by atoms with Crippen LogP contribution in [0, 0.1) is 0 Å². The molecule has 0 N–H and O–H groups in total. The average Bonchev–Trinajstić information content (AvgIpc) is 1.88. The summed E-state index contributed by atoms with van der Waals surface area (Å²) in [6.45, 7) is 8.00. The van der Waals surface area contributed by atoms with Crippen LogP contribution in [-0.4, -0.2) is 6.21 Å². The summed E-state index contributed by atoms with van der Waals surface area (Å²) in [6.07, 6.45) is 5.92. The van der Waals surface area contributed by atoms with Crippen molar-refractivity contribution in [2.24, 2.45) is 4.99 Å². The molecule has 0 saturated carbocycles. The lowest BCUT2D eigenvalue weighted by Gasteiger charge is -1.91. The molecule has 0 saturated heterocycles. The molecule has 10 heavy (non-hydrogen) atoms. The molecule has 0 aromatic heterocycles. The molecule has 56 valence electrons. The summed E-state index contributed by atoms with van der Waals surface area (Å²) in [7, 11) is 0. The van der Waals surface area contributed by atoms with E-state index in [0.29, 0.717) is 0 Å². The van der Waals surface area contributed by atoms with Gasteiger partial charge >= 0.3 is 0 Å². The SMILES string of the molecule is CC=N/C(C)=C\C(C)=C/C. The van der Waals surface area contributed by atoms with E-state index in [1.807, 2.05) is 20.8 Å². The molecule has 0 amide bonds. The van der Waals surface area contributed by atoms with Crippen LogP contribution in [0.1, 0.15) is 27.7 Å². The van der Waals surface area contributed by atoms with Crippen LogP contribution in [0.3, 0.4) is 0 Å². The predicted octanol–water partition coefficient (Wildman–Crippen LogP) is 2.95. The summed E-state index contributed by atoms with van der Waals surface area (Å²) in [5.74, 6) is 0. The zero-order valence-electron chi connectivity index (χ0n) is 7.18. The Bertz CT molecular complexity index is 173. The topological polar surface area (TPSA) is 12.4 Å². The highest BCUT2D eigenvalue weighted by Crippen LogP contribution is 2.01. The summed E-state index contributed by atoms with van der Waals surface area (Å²) < 4.78 is 0. The van der Waals surface area contributed by atoms with E-state index < -0.39 is 0 Å². The van der Waals surface area contributed by atoms with Gasteiger partial charge in [-0.15, -0.1) is 0 Å². The van der Waals surface area contributed by atoms with E-state index in [1.54, 1.807) is 6.21 Å². The number of rotatable bonds is 2. The van der Waals surface area contributed by atoms with Gasteiger partial charge in [0.15, 0.2) is 0 Å². The zero-order valence-corrected chi connectivity index (χ0v) is 7.18. The van der Waals surface area contributed by atoms with Gasteiger partial charge in [0.25, 0.3) is 0 Å². The number of allylic oxidation sites excluding steroid dienone is 4. The van der Waals surface area contributed by atoms with Crippen molar-refractivity contribution in [3.8, 4) is 0 Å². The van der Waals surface area contributed by atoms with Gasteiger partial charge in [0.2, 0.25) is 0 Å². The Morgan fingerprint density at radius 1 is 1.20 bits per heavy atom. The Labute approximate surface area is 63.2 Å². The van der Waals surface area contributed by atoms with Gasteiger partial charge in [0.1, 0.15) is 0 Å². The fraction of sp³-hybridized carbons (Fsp3) is 0.444. The lowest BCUT2D eigenvalue weighted by Crippen LogP contribution is -1.72. The third kappa shape index (κ3) is 4.07. The molecule has 0 fully saturated rings. The number of nitrogens with zero attached hydrogens (tertiary/aromatic N) is 1. The van der Waals surface area contributed by atoms with Gasteiger partial charge in [0.05, 0.1) is 0 Å². The van der Waals surface area contributed by atoms with E-state index in [1.165, 1.54) is 5.57 Å². The lowest BCUT2D eigenvalue weighted by molar-refractivity contribution is 1.28. The van der Waals surface area contributed by atoms with Crippen LogP contribution in [-0.2, 0) is 0 Å². The monoisotopic (exact) mass is 137 g/mol. The van der Waals surface area contributed by atoms with Gasteiger partial charge in [-0.2, -0.15) is 0 Å². The molecule has 0 aromatic carbocycles. The van der Waals surface area contributed by atoms with Gasteiger partial charge in [-0.1, -0.05) is 11.6 Å². The highest BCUT2D eigenvalue weighted by molar-refractivity contribution is 5.55. The van der Waals surface area contributed by atoms with Crippen LogP contribution >= 0.6 is 0 Å². The number of hydrogen-bond donors (Lipinski definition) is 0. The maximum Gasteiger partial charge on any atom is 0.0371 e. The molecule has 1 nitrogen and oxygen atoms in total. The second-order valence-electron chi connectivity index (χ2n) is 2.21. The van der Waals surface area contributed by atoms with Crippen molar-refractivity contribution in [3.63, 3.8) is 0 Å². The maximum absolute atomic E-state index is 4.11. The molecule has 0 aromatic rings. The third-order valence-corrected chi connectivity index (χ3v) is 1.22. The van der Waals surface area contributed by atoms with E-state index in [9.17, 15) is 0 Å². The molecule has 0 aliphatic rings. The molecule has 0 rings (SSSR count). The normalized spacial score (nSPS) is 14.8. The Morgan fingerprint density at radius 2 is 1.80 bits per heavy atom. The molecule has 0 heterocycles. The number of aliphatic imine (C=N–C) groups is 1. The minimum Gasteiger partial charge on any atom is -0.266 e. The summed E-state index contributed by atoms with van der Waals surface area (Å²) >= 11 is 0. The summed E-state index contributed by atoms with van der Waals surface area (Å²) in [5, 5.41) is 0. The van der Waals surface area contributed by atoms with Crippen molar-refractivity contribution >= 4 is 6.21 Å². The van der Waals surface area contributed by atoms with Crippen molar-refractivity contribution < 1.29 is 0 Å². The van der Waals surface area contributed by atoms with Crippen molar-refractivity contribution in [2.75, 3.05) is 0 Å². The van der Waals surface area contributed by atoms with E-state index in [0.717, 1.165) is 5.70 Å². The molecule has 0 aliphatic carbocycles. The molecule has 0 radical (unpaired) electrons. The van der Waals surface area contributed by atoms with Crippen LogP contribution < -0.4 is 0 Å². The van der Waals surface area contributed by atoms with Crippen LogP contribution in [0.4, 0.5) is 0 Å². The first kappa shape index (κ1) is 9.15. The fourth-order valence-corrected chi connectivity index (χ4v) is 0.654. The third-order valence-electron chi connectivity index (χ3n) is 1.22. The standard InChI is InChI=1S/C9H15N/c1-5-8(3)7-9(4)10-6-2/h5-7H,1-4H3/b8-5-,9-7-,10-6?. The fourth-order valence-electron chi connectivity index (χ4n) is 0.654. The van der Waals surface area contributed by atoms with E-state index in [2.05, 4.69) is 24.1 Å². The quantitative estimate of drug-likeness (QED) is 0.410. The number of hydrogen-bond acceptors (Lipinski definition) is 1. The summed E-state index contributed by atoms with van der Waals surface area (Å²) in [5.41, 5.74) is 2.31. The molecule has 0 unspecified atom stereocenters. The minimum atomic E-state index is 1.05. The Balaban J connectivity index is 4.16. The Morgan fingerprint density at radius 3 is 2.20 bits per heavy atom. The molecule has 0 spiro atoms. The van der Waals surface area contributed by atoms with Crippen molar-refractivity contribution in [1.82, 2.24) is 0 Å². The van der Waals surface area contributed by atoms with Gasteiger partial charge in [-0.25, -0.2) is 0 Å². The molecular weight excluding hydrogens is 122 g/mol. The molecule has 0 atom stereocenters. The first-order valence-corrected chi connectivity index (χ1v) is 3.50. The lowest BCUT2D eigenvalue weighted by atomic mass is 10.2. The van der Waals surface area contributed by atoms with Gasteiger partial charge < -0.3 is 0 Å². The van der Waals surface area contributed by atoms with Crippen molar-refractivity contribution in [3.05, 3.63) is 23.4 Å². The molecule has 0 aliphatic heterocycles. The zero-order chi connectivity index (χ0) is 7.98. The molecule has 1 heteroatoms. The van der Waals surface area contributed by atoms with Crippen LogP contribution in [0.15, 0.2) is 28.4 Å². The van der Waals surface area contributed by atoms with E-state index in [-0.39, 0.29) is 0 Å². The Hall–Kier alpha value is -0.850. The second kappa shape index (κ2) is 4.98. The predicted molar refractivity (Wildman–Crippen MR) is 47.4 cm³/mol. The highest BCUT2D eigenvalue weighted by Gasteiger charge is 1.81. The van der Waals surface area contributed by atoms with Crippen LogP contribution in [0.5, 0.6) is 0 Å². The average molecular weight is 137 g/mol. The van der Waals surface area contributed by atoms with Crippen molar-refractivity contribution in [1.29, 1.82) is 0 Å². The summed E-state index contributed by atoms with van der Waals surface area (Å²) in [6, 6.07) is 0. The highest BCUT2D eigenvalue weighted by atomic mass is 14.7. The van der Waals surface area contributed by atoms with E-state index in [4.69, 9.17) is 0 Å². The molecule has 0 bridgehead atoms. The van der Waals surface area contributed by atoms with Gasteiger partial charge in [-0.3, -0.25) is 4.99 Å². The second-order valence-corrected chi connectivity index (χ2v) is 2.21. The minimum absolute atomic E-state index is 1.05. The van der Waals surface area contributed by atoms with Crippen LogP contribution in [0.25, 0.3) is 0 Å². The first-order valence-electron chi connectivity index (χ1n) is 3.50. The van der Waals surface area contributed by atoms with Crippen LogP contribution in [0.2, 0.25) is 0 Å². The maximum atomic E-state index is 4.11.